The molecular weight excluding hydrogens is 276 g/mol. The molecule has 0 spiro atoms. The average molecular weight is 291 g/mol. The highest BCUT2D eigenvalue weighted by molar-refractivity contribution is 7.92. The van der Waals surface area contributed by atoms with Crippen molar-refractivity contribution in [1.29, 1.82) is 0 Å². The standard InChI is InChI=1S/C11H15F2N3O2S/c1-3-9(5-4-6-19(14,17)18)16-8(2)7-10(15-16)11(12)13/h3-4,6-7,9,11H,1,5H2,2H3,(H2,14,17,18)/b6-4+. The summed E-state index contributed by atoms with van der Waals surface area (Å²) in [6, 6.07) is 0.871. The van der Waals surface area contributed by atoms with Crippen LogP contribution in [0.15, 0.2) is 30.2 Å². The van der Waals surface area contributed by atoms with Crippen molar-refractivity contribution in [2.75, 3.05) is 0 Å². The number of primary sulfonamides is 1. The Balaban J connectivity index is 2.92. The molecule has 0 fully saturated rings. The van der Waals surface area contributed by atoms with E-state index in [1.165, 1.54) is 22.9 Å². The predicted molar refractivity (Wildman–Crippen MR) is 68.0 cm³/mol. The van der Waals surface area contributed by atoms with E-state index < -0.39 is 22.5 Å². The summed E-state index contributed by atoms with van der Waals surface area (Å²) in [6.45, 7) is 5.22. The molecule has 0 aliphatic rings. The Hall–Kier alpha value is -1.54. The fraction of sp³-hybridized carbons (Fsp3) is 0.364. The Morgan fingerprint density at radius 2 is 2.21 bits per heavy atom. The van der Waals surface area contributed by atoms with Gasteiger partial charge in [-0.2, -0.15) is 5.10 Å². The van der Waals surface area contributed by atoms with Gasteiger partial charge in [0.1, 0.15) is 5.69 Å². The molecule has 0 aromatic carbocycles. The van der Waals surface area contributed by atoms with Crippen LogP contribution in [0.5, 0.6) is 0 Å². The van der Waals surface area contributed by atoms with E-state index in [1.807, 2.05) is 0 Å². The van der Waals surface area contributed by atoms with Gasteiger partial charge in [0.25, 0.3) is 6.43 Å². The summed E-state index contributed by atoms with van der Waals surface area (Å²) in [7, 11) is -3.69. The van der Waals surface area contributed by atoms with Gasteiger partial charge in [-0.25, -0.2) is 22.3 Å². The van der Waals surface area contributed by atoms with E-state index in [9.17, 15) is 17.2 Å². The van der Waals surface area contributed by atoms with Crippen LogP contribution in [0, 0.1) is 6.92 Å². The molecule has 106 valence electrons. The van der Waals surface area contributed by atoms with Crippen molar-refractivity contribution in [2.45, 2.75) is 25.8 Å². The second kappa shape index (κ2) is 6.07. The number of rotatable bonds is 6. The SMILES string of the molecule is C=CC(C/C=C/S(N)(=O)=O)n1nc(C(F)F)cc1C. The van der Waals surface area contributed by atoms with Crippen molar-refractivity contribution in [3.63, 3.8) is 0 Å². The van der Waals surface area contributed by atoms with Gasteiger partial charge < -0.3 is 0 Å². The zero-order valence-electron chi connectivity index (χ0n) is 10.3. The number of hydrogen-bond acceptors (Lipinski definition) is 3. The first-order valence-corrected chi connectivity index (χ1v) is 7.01. The first-order chi connectivity index (χ1) is 8.74. The summed E-state index contributed by atoms with van der Waals surface area (Å²) < 4.78 is 47.9. The monoisotopic (exact) mass is 291 g/mol. The molecular formula is C11H15F2N3O2S. The van der Waals surface area contributed by atoms with Crippen molar-refractivity contribution < 1.29 is 17.2 Å². The molecule has 1 rings (SSSR count). The minimum atomic E-state index is -3.69. The van der Waals surface area contributed by atoms with Crippen LogP contribution in [0.2, 0.25) is 0 Å². The van der Waals surface area contributed by atoms with Crippen LogP contribution in [0.3, 0.4) is 0 Å². The third-order valence-electron chi connectivity index (χ3n) is 2.41. The predicted octanol–water partition coefficient (Wildman–Crippen LogP) is 2.05. The van der Waals surface area contributed by atoms with Crippen LogP contribution in [0.4, 0.5) is 8.78 Å². The van der Waals surface area contributed by atoms with Crippen molar-refractivity contribution in [1.82, 2.24) is 9.78 Å². The maximum absolute atomic E-state index is 12.5. The molecule has 5 nitrogen and oxygen atoms in total. The minimum absolute atomic E-state index is 0.241. The van der Waals surface area contributed by atoms with Crippen LogP contribution < -0.4 is 5.14 Å². The number of allylic oxidation sites excluding steroid dienone is 2. The van der Waals surface area contributed by atoms with Crippen molar-refractivity contribution >= 4 is 10.0 Å². The number of alkyl halides is 2. The molecule has 19 heavy (non-hydrogen) atoms. The summed E-state index contributed by atoms with van der Waals surface area (Å²) in [5, 5.41) is 9.45. The molecule has 2 N–H and O–H groups in total. The number of nitrogens with two attached hydrogens (primary N) is 1. The van der Waals surface area contributed by atoms with Crippen molar-refractivity contribution in [3.05, 3.63) is 41.6 Å². The fourth-order valence-corrected chi connectivity index (χ4v) is 1.96. The molecule has 8 heteroatoms. The van der Waals surface area contributed by atoms with Crippen molar-refractivity contribution in [3.8, 4) is 0 Å². The Kier molecular flexibility index (Phi) is 4.96. The highest BCUT2D eigenvalue weighted by Crippen LogP contribution is 2.22. The molecule has 0 radical (unpaired) electrons. The van der Waals surface area contributed by atoms with Gasteiger partial charge in [0.15, 0.2) is 0 Å². The van der Waals surface area contributed by atoms with E-state index in [2.05, 4.69) is 11.7 Å². The molecule has 1 unspecified atom stereocenters. The molecule has 1 aromatic heterocycles. The summed E-state index contributed by atoms with van der Waals surface area (Å²) >= 11 is 0. The topological polar surface area (TPSA) is 78.0 Å². The van der Waals surface area contributed by atoms with Crippen LogP contribution in [0.25, 0.3) is 0 Å². The Labute approximate surface area is 110 Å². The number of halogens is 2. The quantitative estimate of drug-likeness (QED) is 0.815. The third-order valence-corrected chi connectivity index (χ3v) is 2.99. The van der Waals surface area contributed by atoms with Crippen molar-refractivity contribution in [2.24, 2.45) is 5.14 Å². The number of nitrogens with zero attached hydrogens (tertiary/aromatic N) is 2. The number of sulfonamides is 1. The van der Waals surface area contributed by atoms with Crippen LogP contribution in [0.1, 0.15) is 30.3 Å². The van der Waals surface area contributed by atoms with E-state index in [-0.39, 0.29) is 12.1 Å². The normalized spacial score (nSPS) is 14.2. The summed E-state index contributed by atoms with van der Waals surface area (Å²) in [5.41, 5.74) is 0.226. The number of hydrogen-bond donors (Lipinski definition) is 1. The molecule has 0 amide bonds. The lowest BCUT2D eigenvalue weighted by molar-refractivity contribution is 0.144. The van der Waals surface area contributed by atoms with Crippen LogP contribution in [-0.4, -0.2) is 18.2 Å². The highest BCUT2D eigenvalue weighted by atomic mass is 32.2. The van der Waals surface area contributed by atoms with Gasteiger partial charge in [-0.15, -0.1) is 6.58 Å². The second-order valence-corrected chi connectivity index (χ2v) is 5.41. The lowest BCUT2D eigenvalue weighted by Crippen LogP contribution is -2.11. The van der Waals surface area contributed by atoms with Gasteiger partial charge in [-0.3, -0.25) is 4.68 Å². The molecule has 1 atom stereocenters. The fourth-order valence-electron chi connectivity index (χ4n) is 1.58. The van der Waals surface area contributed by atoms with Crippen LogP contribution in [-0.2, 0) is 10.0 Å². The zero-order chi connectivity index (χ0) is 14.6. The van der Waals surface area contributed by atoms with Gasteiger partial charge in [0.2, 0.25) is 10.0 Å². The molecule has 0 saturated heterocycles. The molecule has 1 aromatic rings. The number of aryl methyl sites for hydroxylation is 1. The van der Waals surface area contributed by atoms with E-state index in [0.29, 0.717) is 5.69 Å². The average Bonchev–Trinajstić information content (AvgIpc) is 2.65. The highest BCUT2D eigenvalue weighted by Gasteiger charge is 2.16. The molecule has 0 bridgehead atoms. The van der Waals surface area contributed by atoms with E-state index in [1.54, 1.807) is 6.92 Å². The summed E-state index contributed by atoms with van der Waals surface area (Å²) in [5.74, 6) is 0. The lowest BCUT2D eigenvalue weighted by atomic mass is 10.2. The summed E-state index contributed by atoms with van der Waals surface area (Å²) in [4.78, 5) is 0. The van der Waals surface area contributed by atoms with Crippen LogP contribution >= 0.6 is 0 Å². The van der Waals surface area contributed by atoms with Gasteiger partial charge in [0.05, 0.1) is 6.04 Å². The van der Waals surface area contributed by atoms with E-state index in [0.717, 1.165) is 5.41 Å². The lowest BCUT2D eigenvalue weighted by Gasteiger charge is -2.12. The maximum Gasteiger partial charge on any atom is 0.282 e. The summed E-state index contributed by atoms with van der Waals surface area (Å²) in [6.07, 6.45) is 0.434. The smallest absolute Gasteiger partial charge is 0.262 e. The Morgan fingerprint density at radius 3 is 2.63 bits per heavy atom. The van der Waals surface area contributed by atoms with E-state index >= 15 is 0 Å². The second-order valence-electron chi connectivity index (χ2n) is 3.96. The van der Waals surface area contributed by atoms with E-state index in [4.69, 9.17) is 5.14 Å². The Bertz CT molecular complexity index is 579. The van der Waals surface area contributed by atoms with Gasteiger partial charge in [0, 0.05) is 11.1 Å². The molecule has 0 aliphatic heterocycles. The zero-order valence-corrected chi connectivity index (χ0v) is 11.1. The van der Waals surface area contributed by atoms with Gasteiger partial charge in [-0.1, -0.05) is 12.2 Å². The largest absolute Gasteiger partial charge is 0.282 e. The first kappa shape index (κ1) is 15.5. The van der Waals surface area contributed by atoms with Gasteiger partial charge >= 0.3 is 0 Å². The Morgan fingerprint density at radius 1 is 1.58 bits per heavy atom. The molecule has 1 heterocycles. The van der Waals surface area contributed by atoms with Gasteiger partial charge in [-0.05, 0) is 19.4 Å². The first-order valence-electron chi connectivity index (χ1n) is 5.40. The number of aromatic nitrogens is 2. The maximum atomic E-state index is 12.5. The third kappa shape index (κ3) is 4.56. The minimum Gasteiger partial charge on any atom is -0.262 e. The molecule has 0 saturated carbocycles. The molecule has 0 aliphatic carbocycles.